The monoisotopic (exact) mass is 455 g/mol. The Morgan fingerprint density at radius 2 is 1.53 bits per heavy atom. The van der Waals surface area contributed by atoms with E-state index in [1.54, 1.807) is 24.5 Å². The molecule has 0 aliphatic carbocycles. The molecule has 7 heteroatoms. The molecule has 0 amide bonds. The van der Waals surface area contributed by atoms with E-state index in [-0.39, 0.29) is 0 Å². The molecule has 3 atom stereocenters. The third-order valence-corrected chi connectivity index (χ3v) is 5.44. The second-order valence-corrected chi connectivity index (χ2v) is 7.69. The number of pyridine rings is 2. The van der Waals surface area contributed by atoms with Crippen LogP contribution in [0.1, 0.15) is 34.9 Å². The number of carboxylic acid groups (broad SMARTS) is 1. The summed E-state index contributed by atoms with van der Waals surface area (Å²) in [5.74, 6) is -0.629. The average molecular weight is 456 g/mol. The van der Waals surface area contributed by atoms with Crippen molar-refractivity contribution in [3.05, 3.63) is 120 Å². The maximum Gasteiger partial charge on any atom is 0.341 e. The number of nitrogens with one attached hydrogen (secondary N) is 1. The second-order valence-electron chi connectivity index (χ2n) is 7.69. The van der Waals surface area contributed by atoms with Gasteiger partial charge in [0.1, 0.15) is 11.6 Å². The van der Waals surface area contributed by atoms with Crippen molar-refractivity contribution < 1.29 is 19.7 Å². The number of carbonyl (C=O) groups is 1. The molecule has 0 saturated heterocycles. The van der Waals surface area contributed by atoms with E-state index in [2.05, 4.69) is 15.3 Å². The van der Waals surface area contributed by atoms with E-state index in [1.807, 2.05) is 78.9 Å². The first-order chi connectivity index (χ1) is 16.6. The van der Waals surface area contributed by atoms with Crippen LogP contribution >= 0.6 is 0 Å². The zero-order valence-electron chi connectivity index (χ0n) is 18.4. The van der Waals surface area contributed by atoms with E-state index in [4.69, 9.17) is 9.84 Å². The van der Waals surface area contributed by atoms with Gasteiger partial charge in [0.05, 0.1) is 18.1 Å². The molecular weight excluding hydrogens is 430 g/mol. The lowest BCUT2D eigenvalue weighted by Gasteiger charge is -2.33. The number of nitrogens with zero attached hydrogens (tertiary/aromatic N) is 2. The fraction of sp³-hybridized carbons (Fsp3) is 0.148. The first kappa shape index (κ1) is 22.9. The molecule has 0 aliphatic rings. The van der Waals surface area contributed by atoms with Gasteiger partial charge in [-0.15, -0.1) is 0 Å². The predicted octanol–water partition coefficient (Wildman–Crippen LogP) is 4.61. The summed E-state index contributed by atoms with van der Waals surface area (Å²) >= 11 is 0. The molecule has 3 unspecified atom stereocenters. The molecular formula is C27H25N3O4. The maximum atomic E-state index is 11.6. The van der Waals surface area contributed by atoms with Crippen LogP contribution < -0.4 is 10.1 Å². The van der Waals surface area contributed by atoms with E-state index in [1.165, 1.54) is 0 Å². The Balaban J connectivity index is 1.85. The number of carboxylic acids is 1. The van der Waals surface area contributed by atoms with Gasteiger partial charge in [-0.05, 0) is 35.9 Å². The predicted molar refractivity (Wildman–Crippen MR) is 129 cm³/mol. The quantitative estimate of drug-likeness (QED) is 0.321. The number of hydrogen-bond donors (Lipinski definition) is 3. The number of aromatic nitrogens is 2. The molecule has 2 aromatic carbocycles. The minimum Gasteiger partial charge on any atom is -0.482 e. The maximum absolute atomic E-state index is 11.6. The minimum absolute atomic E-state index is 0.402. The molecule has 4 rings (SSSR count). The van der Waals surface area contributed by atoms with Gasteiger partial charge >= 0.3 is 5.97 Å². The van der Waals surface area contributed by atoms with E-state index in [9.17, 15) is 9.90 Å². The van der Waals surface area contributed by atoms with Gasteiger partial charge in [0.25, 0.3) is 0 Å². The number of aliphatic carboxylic acids is 1. The van der Waals surface area contributed by atoms with Crippen molar-refractivity contribution in [1.82, 2.24) is 9.97 Å². The molecule has 2 aromatic heterocycles. The normalized spacial score (nSPS) is 13.4. The number of ether oxygens (including phenoxy) is 1. The van der Waals surface area contributed by atoms with Crippen LogP contribution in [-0.2, 0) is 4.79 Å². The van der Waals surface area contributed by atoms with Crippen molar-refractivity contribution >= 4 is 11.8 Å². The van der Waals surface area contributed by atoms with Gasteiger partial charge in [-0.3, -0.25) is 4.98 Å². The SMILES string of the molecule is O=C(O)COc1ccccc1C(Nc1ccccn1)C(c1ccccn1)C(O)c1ccccc1. The first-order valence-corrected chi connectivity index (χ1v) is 10.9. The smallest absolute Gasteiger partial charge is 0.341 e. The van der Waals surface area contributed by atoms with Gasteiger partial charge < -0.3 is 20.3 Å². The molecule has 172 valence electrons. The lowest BCUT2D eigenvalue weighted by molar-refractivity contribution is -0.139. The summed E-state index contributed by atoms with van der Waals surface area (Å²) in [4.78, 5) is 20.2. The topological polar surface area (TPSA) is 105 Å². The molecule has 7 nitrogen and oxygen atoms in total. The van der Waals surface area contributed by atoms with Crippen LogP contribution in [-0.4, -0.2) is 32.8 Å². The Labute approximate surface area is 197 Å². The summed E-state index contributed by atoms with van der Waals surface area (Å²) in [6, 6.07) is 27.1. The van der Waals surface area contributed by atoms with E-state index in [0.717, 1.165) is 5.56 Å². The molecule has 3 N–H and O–H groups in total. The standard InChI is InChI=1S/C27H25N3O4/c31-24(32)18-34-22-14-5-4-12-20(22)26(30-23-15-7-9-17-29-23)25(21-13-6-8-16-28-21)27(33)19-10-2-1-3-11-19/h1-17,25-27,33H,18H2,(H,29,30)(H,31,32). The Morgan fingerprint density at radius 1 is 0.853 bits per heavy atom. The third kappa shape index (κ3) is 5.57. The Morgan fingerprint density at radius 3 is 2.21 bits per heavy atom. The second kappa shape index (κ2) is 11.1. The van der Waals surface area contributed by atoms with E-state index in [0.29, 0.717) is 22.8 Å². The number of aliphatic hydroxyl groups excluding tert-OH is 1. The first-order valence-electron chi connectivity index (χ1n) is 10.9. The molecule has 2 heterocycles. The van der Waals surface area contributed by atoms with E-state index < -0.39 is 30.6 Å². The van der Waals surface area contributed by atoms with Crippen molar-refractivity contribution in [3.63, 3.8) is 0 Å². The molecule has 0 fully saturated rings. The number of para-hydroxylation sites is 1. The van der Waals surface area contributed by atoms with Crippen LogP contribution in [0.5, 0.6) is 5.75 Å². The van der Waals surface area contributed by atoms with Crippen LogP contribution in [0.15, 0.2) is 103 Å². The van der Waals surface area contributed by atoms with Gasteiger partial charge in [-0.2, -0.15) is 0 Å². The fourth-order valence-corrected chi connectivity index (χ4v) is 3.92. The lowest BCUT2D eigenvalue weighted by atomic mass is 9.82. The van der Waals surface area contributed by atoms with Crippen LogP contribution in [0.2, 0.25) is 0 Å². The van der Waals surface area contributed by atoms with Crippen LogP contribution in [0, 0.1) is 0 Å². The van der Waals surface area contributed by atoms with Gasteiger partial charge in [-0.1, -0.05) is 60.7 Å². The number of rotatable bonds is 10. The Kier molecular flexibility index (Phi) is 7.47. The summed E-state index contributed by atoms with van der Waals surface area (Å²) in [7, 11) is 0. The number of benzene rings is 2. The van der Waals surface area contributed by atoms with Gasteiger partial charge in [0.2, 0.25) is 0 Å². The average Bonchev–Trinajstić information content (AvgIpc) is 2.89. The molecule has 0 spiro atoms. The molecule has 4 aromatic rings. The molecule has 34 heavy (non-hydrogen) atoms. The largest absolute Gasteiger partial charge is 0.482 e. The summed E-state index contributed by atoms with van der Waals surface area (Å²) in [5.41, 5.74) is 2.08. The fourth-order valence-electron chi connectivity index (χ4n) is 3.92. The van der Waals surface area contributed by atoms with Gasteiger partial charge in [0, 0.05) is 23.7 Å². The van der Waals surface area contributed by atoms with Crippen LogP contribution in [0.3, 0.4) is 0 Å². The number of aliphatic hydroxyl groups is 1. The van der Waals surface area contributed by atoms with Crippen molar-refractivity contribution in [1.29, 1.82) is 0 Å². The zero-order valence-corrected chi connectivity index (χ0v) is 18.4. The summed E-state index contributed by atoms with van der Waals surface area (Å²) in [6.07, 6.45) is 2.44. The summed E-state index contributed by atoms with van der Waals surface area (Å²) in [5, 5.41) is 24.2. The van der Waals surface area contributed by atoms with Crippen LogP contribution in [0.25, 0.3) is 0 Å². The van der Waals surface area contributed by atoms with Crippen molar-refractivity contribution in [2.45, 2.75) is 18.1 Å². The van der Waals surface area contributed by atoms with Crippen molar-refractivity contribution in [3.8, 4) is 5.75 Å². The van der Waals surface area contributed by atoms with Crippen LogP contribution in [0.4, 0.5) is 5.82 Å². The highest BCUT2D eigenvalue weighted by molar-refractivity contribution is 5.68. The van der Waals surface area contributed by atoms with Gasteiger partial charge in [0.15, 0.2) is 6.61 Å². The van der Waals surface area contributed by atoms with E-state index >= 15 is 0 Å². The highest BCUT2D eigenvalue weighted by atomic mass is 16.5. The Bertz CT molecular complexity index is 1190. The highest BCUT2D eigenvalue weighted by Gasteiger charge is 2.35. The summed E-state index contributed by atoms with van der Waals surface area (Å²) < 4.78 is 5.63. The third-order valence-electron chi connectivity index (χ3n) is 5.44. The molecule has 0 radical (unpaired) electrons. The zero-order chi connectivity index (χ0) is 23.8. The van der Waals surface area contributed by atoms with Crippen molar-refractivity contribution in [2.24, 2.45) is 0 Å². The highest BCUT2D eigenvalue weighted by Crippen LogP contribution is 2.44. The lowest BCUT2D eigenvalue weighted by Crippen LogP contribution is -2.27. The number of hydrogen-bond acceptors (Lipinski definition) is 6. The molecule has 0 aliphatic heterocycles. The molecule has 0 bridgehead atoms. The van der Waals surface area contributed by atoms with Crippen molar-refractivity contribution in [2.75, 3.05) is 11.9 Å². The minimum atomic E-state index is -1.07. The Hall–Kier alpha value is -4.23. The summed E-state index contributed by atoms with van der Waals surface area (Å²) in [6.45, 7) is -0.483. The number of anilines is 1. The van der Waals surface area contributed by atoms with Gasteiger partial charge in [-0.25, -0.2) is 9.78 Å². The molecule has 0 saturated carbocycles.